The monoisotopic (exact) mass is 464 g/mol. The van der Waals surface area contributed by atoms with Gasteiger partial charge in [-0.3, -0.25) is 4.79 Å². The summed E-state index contributed by atoms with van der Waals surface area (Å²) in [6.45, 7) is 1.45. The van der Waals surface area contributed by atoms with E-state index in [0.29, 0.717) is 0 Å². The molecule has 1 aliphatic heterocycles. The molecule has 0 spiro atoms. The highest BCUT2D eigenvalue weighted by Crippen LogP contribution is 2.42. The third-order valence-corrected chi connectivity index (χ3v) is 5.32. The predicted molar refractivity (Wildman–Crippen MR) is 109 cm³/mol. The van der Waals surface area contributed by atoms with Crippen LogP contribution in [0.5, 0.6) is 34.5 Å². The molecule has 8 N–H and O–H groups in total. The summed E-state index contributed by atoms with van der Waals surface area (Å²) in [7, 11) is 0. The zero-order valence-electron chi connectivity index (χ0n) is 16.9. The molecule has 33 heavy (non-hydrogen) atoms. The van der Waals surface area contributed by atoms with E-state index >= 15 is 0 Å². The summed E-state index contributed by atoms with van der Waals surface area (Å²) in [5, 5.41) is 79.0. The van der Waals surface area contributed by atoms with Gasteiger partial charge in [0.15, 0.2) is 23.0 Å². The Morgan fingerprint density at radius 3 is 2.09 bits per heavy atom. The molecule has 176 valence electrons. The van der Waals surface area contributed by atoms with Crippen LogP contribution in [0.2, 0.25) is 0 Å². The van der Waals surface area contributed by atoms with E-state index in [1.807, 2.05) is 0 Å². The van der Waals surface area contributed by atoms with Crippen LogP contribution < -0.4 is 10.2 Å². The van der Waals surface area contributed by atoms with E-state index in [1.54, 1.807) is 0 Å². The number of rotatable bonds is 3. The normalized spacial score (nSPS) is 25.3. The number of aliphatic hydroxyl groups excluding tert-OH is 3. The Kier molecular flexibility index (Phi) is 5.46. The van der Waals surface area contributed by atoms with E-state index in [4.69, 9.17) is 13.9 Å². The fraction of sp³-hybridized carbons (Fsp3) is 0.286. The van der Waals surface area contributed by atoms with Gasteiger partial charge in [0.1, 0.15) is 40.8 Å². The van der Waals surface area contributed by atoms with Gasteiger partial charge in [0, 0.05) is 17.7 Å². The molecule has 0 amide bonds. The van der Waals surface area contributed by atoms with Gasteiger partial charge in [-0.25, -0.2) is 0 Å². The maximum absolute atomic E-state index is 12.6. The molecule has 0 aliphatic carbocycles. The van der Waals surface area contributed by atoms with Crippen molar-refractivity contribution in [3.8, 4) is 45.8 Å². The molecule has 12 nitrogen and oxygen atoms in total. The summed E-state index contributed by atoms with van der Waals surface area (Å²) in [5.74, 6) is -4.54. The minimum Gasteiger partial charge on any atom is -0.507 e. The quantitative estimate of drug-likeness (QED) is 0.244. The van der Waals surface area contributed by atoms with E-state index in [-0.39, 0.29) is 16.9 Å². The molecule has 2 aromatic carbocycles. The van der Waals surface area contributed by atoms with Gasteiger partial charge < -0.3 is 54.7 Å². The molecule has 5 atom stereocenters. The summed E-state index contributed by atoms with van der Waals surface area (Å²) in [5.41, 5.74) is -1.49. The number of aliphatic hydroxyl groups is 3. The summed E-state index contributed by atoms with van der Waals surface area (Å²) < 4.78 is 16.3. The smallest absolute Gasteiger partial charge is 0.238 e. The van der Waals surface area contributed by atoms with Crippen molar-refractivity contribution in [2.75, 3.05) is 0 Å². The molecular formula is C21H20O12. The van der Waals surface area contributed by atoms with Gasteiger partial charge in [-0.05, 0) is 19.1 Å². The van der Waals surface area contributed by atoms with Crippen molar-refractivity contribution in [3.05, 3.63) is 34.5 Å². The molecule has 3 aromatic rings. The van der Waals surface area contributed by atoms with Gasteiger partial charge >= 0.3 is 0 Å². The van der Waals surface area contributed by atoms with E-state index < -0.39 is 76.0 Å². The Morgan fingerprint density at radius 2 is 1.45 bits per heavy atom. The lowest BCUT2D eigenvalue weighted by Crippen LogP contribution is -2.58. The summed E-state index contributed by atoms with van der Waals surface area (Å²) >= 11 is 0. The van der Waals surface area contributed by atoms with E-state index in [9.17, 15) is 45.6 Å². The van der Waals surface area contributed by atoms with Gasteiger partial charge in [-0.15, -0.1) is 0 Å². The number of ether oxygens (including phenoxy) is 2. The summed E-state index contributed by atoms with van der Waals surface area (Å²) in [6, 6.07) is 3.99. The number of benzene rings is 2. The van der Waals surface area contributed by atoms with E-state index in [0.717, 1.165) is 24.3 Å². The molecular weight excluding hydrogens is 444 g/mol. The second kappa shape index (κ2) is 8.01. The predicted octanol–water partition coefficient (Wildman–Crippen LogP) is 0.194. The first kappa shape index (κ1) is 22.5. The average molecular weight is 464 g/mol. The SMILES string of the molecule is C[C@@H]1O[C@@H](Oc2cc(O)c3c(=O)c(O)c(-c4cc(O)c(O)c(O)c4)oc3c2)[C@H](O)[C@H](O)[C@H]1O. The molecule has 0 radical (unpaired) electrons. The van der Waals surface area contributed by atoms with E-state index in [2.05, 4.69) is 0 Å². The zero-order valence-corrected chi connectivity index (χ0v) is 16.9. The molecule has 1 aromatic heterocycles. The Labute approximate surface area is 184 Å². The number of phenolic OH excluding ortho intramolecular Hbond substituents is 4. The van der Waals surface area contributed by atoms with Crippen LogP contribution in [-0.2, 0) is 4.74 Å². The molecule has 0 unspecified atom stereocenters. The van der Waals surface area contributed by atoms with Crippen LogP contribution in [0.4, 0.5) is 0 Å². The standard InChI is InChI=1S/C21H20O12/c1-6-14(25)17(28)19(30)21(31-6)32-8-4-9(22)13-12(5-8)33-20(18(29)16(13)27)7-2-10(23)15(26)11(24)3-7/h2-6,14,17,19,21-26,28-30H,1H3/t6-,14-,17+,19+,21-/m0/s1. The lowest BCUT2D eigenvalue weighted by atomic mass is 10.00. The van der Waals surface area contributed by atoms with Gasteiger partial charge in [-0.2, -0.15) is 0 Å². The number of phenols is 4. The number of hydrogen-bond acceptors (Lipinski definition) is 12. The lowest BCUT2D eigenvalue weighted by Gasteiger charge is -2.38. The van der Waals surface area contributed by atoms with Crippen molar-refractivity contribution in [1.82, 2.24) is 0 Å². The fourth-order valence-corrected chi connectivity index (χ4v) is 3.51. The first-order chi connectivity index (χ1) is 15.5. The Hall–Kier alpha value is -3.71. The minimum absolute atomic E-state index is 0.156. The second-order valence-corrected chi connectivity index (χ2v) is 7.59. The molecule has 1 saturated heterocycles. The van der Waals surface area contributed by atoms with Crippen molar-refractivity contribution in [2.45, 2.75) is 37.6 Å². The van der Waals surface area contributed by atoms with Gasteiger partial charge in [0.25, 0.3) is 0 Å². The molecule has 4 rings (SSSR count). The Bertz CT molecular complexity index is 1260. The molecule has 2 heterocycles. The van der Waals surface area contributed by atoms with Gasteiger partial charge in [-0.1, -0.05) is 0 Å². The third kappa shape index (κ3) is 3.74. The maximum Gasteiger partial charge on any atom is 0.238 e. The fourth-order valence-electron chi connectivity index (χ4n) is 3.51. The summed E-state index contributed by atoms with van der Waals surface area (Å²) in [4.78, 5) is 12.6. The average Bonchev–Trinajstić information content (AvgIpc) is 2.76. The molecule has 0 saturated carbocycles. The first-order valence-corrected chi connectivity index (χ1v) is 9.64. The largest absolute Gasteiger partial charge is 0.507 e. The van der Waals surface area contributed by atoms with Crippen LogP contribution in [0, 0.1) is 0 Å². The van der Waals surface area contributed by atoms with Gasteiger partial charge in [0.05, 0.1) is 6.10 Å². The van der Waals surface area contributed by atoms with Crippen molar-refractivity contribution in [2.24, 2.45) is 0 Å². The number of hydrogen-bond donors (Lipinski definition) is 8. The van der Waals surface area contributed by atoms with Crippen molar-refractivity contribution in [3.63, 3.8) is 0 Å². The first-order valence-electron chi connectivity index (χ1n) is 9.64. The van der Waals surface area contributed by atoms with Crippen molar-refractivity contribution < 1.29 is 54.7 Å². The number of fused-ring (bicyclic) bond motifs is 1. The van der Waals surface area contributed by atoms with Gasteiger partial charge in [0.2, 0.25) is 17.5 Å². The zero-order chi connectivity index (χ0) is 24.2. The second-order valence-electron chi connectivity index (χ2n) is 7.59. The highest BCUT2D eigenvalue weighted by Gasteiger charge is 2.43. The summed E-state index contributed by atoms with van der Waals surface area (Å²) in [6.07, 6.45) is -6.89. The maximum atomic E-state index is 12.6. The topological polar surface area (TPSA) is 211 Å². The molecule has 1 fully saturated rings. The highest BCUT2D eigenvalue weighted by molar-refractivity contribution is 5.88. The lowest BCUT2D eigenvalue weighted by molar-refractivity contribution is -0.268. The van der Waals surface area contributed by atoms with Crippen molar-refractivity contribution >= 4 is 11.0 Å². The third-order valence-electron chi connectivity index (χ3n) is 5.32. The van der Waals surface area contributed by atoms with Crippen LogP contribution >= 0.6 is 0 Å². The van der Waals surface area contributed by atoms with Crippen LogP contribution in [0.3, 0.4) is 0 Å². The molecule has 12 heteroatoms. The van der Waals surface area contributed by atoms with Crippen molar-refractivity contribution in [1.29, 1.82) is 0 Å². The Balaban J connectivity index is 1.80. The minimum atomic E-state index is -1.64. The van der Waals surface area contributed by atoms with Crippen LogP contribution in [0.25, 0.3) is 22.3 Å². The molecule has 0 bridgehead atoms. The van der Waals surface area contributed by atoms with E-state index in [1.165, 1.54) is 6.92 Å². The van der Waals surface area contributed by atoms with Crippen LogP contribution in [-0.4, -0.2) is 71.6 Å². The molecule has 1 aliphatic rings. The highest BCUT2D eigenvalue weighted by atomic mass is 16.7. The Morgan fingerprint density at radius 1 is 0.818 bits per heavy atom. The van der Waals surface area contributed by atoms with Crippen LogP contribution in [0.1, 0.15) is 6.92 Å². The number of aromatic hydroxyl groups is 5. The van der Waals surface area contributed by atoms with Crippen LogP contribution in [0.15, 0.2) is 33.5 Å².